The Labute approximate surface area is 87.2 Å². The molecular weight excluding hydrogens is 196 g/mol. The van der Waals surface area contributed by atoms with Gasteiger partial charge < -0.3 is 10.2 Å². The van der Waals surface area contributed by atoms with E-state index in [1.165, 1.54) is 13.0 Å². The van der Waals surface area contributed by atoms with Gasteiger partial charge in [-0.05, 0) is 19.4 Å². The molecule has 0 aliphatic heterocycles. The van der Waals surface area contributed by atoms with E-state index in [-0.39, 0.29) is 5.56 Å². The van der Waals surface area contributed by atoms with E-state index >= 15 is 0 Å². The fraction of sp³-hybridized carbons (Fsp3) is 0.273. The first-order chi connectivity index (χ1) is 6.89. The van der Waals surface area contributed by atoms with Gasteiger partial charge in [0, 0.05) is 0 Å². The highest BCUT2D eigenvalue weighted by molar-refractivity contribution is 6.04. The van der Waals surface area contributed by atoms with Crippen molar-refractivity contribution >= 4 is 11.9 Å². The maximum absolute atomic E-state index is 11.0. The highest BCUT2D eigenvalue weighted by Crippen LogP contribution is 2.25. The van der Waals surface area contributed by atoms with Gasteiger partial charge in [0.2, 0.25) is 0 Å². The van der Waals surface area contributed by atoms with Crippen molar-refractivity contribution in [2.45, 2.75) is 19.3 Å². The van der Waals surface area contributed by atoms with E-state index in [9.17, 15) is 9.59 Å². The van der Waals surface area contributed by atoms with Gasteiger partial charge >= 0.3 is 11.9 Å². The summed E-state index contributed by atoms with van der Waals surface area (Å²) in [5.41, 5.74) is -0.768. The second-order valence-corrected chi connectivity index (χ2v) is 3.60. The van der Waals surface area contributed by atoms with E-state index in [1.807, 2.05) is 0 Å². The van der Waals surface area contributed by atoms with Crippen LogP contribution < -0.4 is 0 Å². The Morgan fingerprint density at radius 1 is 1.20 bits per heavy atom. The molecule has 15 heavy (non-hydrogen) atoms. The Kier molecular flexibility index (Phi) is 2.79. The molecule has 4 heteroatoms. The van der Waals surface area contributed by atoms with Gasteiger partial charge in [-0.1, -0.05) is 29.8 Å². The third-order valence-corrected chi connectivity index (χ3v) is 2.45. The lowest BCUT2D eigenvalue weighted by atomic mass is 9.82. The number of benzene rings is 1. The van der Waals surface area contributed by atoms with Crippen molar-refractivity contribution in [1.29, 1.82) is 0 Å². The molecule has 0 spiro atoms. The molecule has 1 aromatic carbocycles. The largest absolute Gasteiger partial charge is 0.480 e. The Morgan fingerprint density at radius 2 is 1.73 bits per heavy atom. The Hall–Kier alpha value is -1.84. The lowest BCUT2D eigenvalue weighted by Gasteiger charge is -2.20. The van der Waals surface area contributed by atoms with Crippen LogP contribution in [0.5, 0.6) is 0 Å². The molecule has 1 aromatic rings. The SMILES string of the molecule is Cc1cccc(C(C)(C(=O)O)C(=O)O)c1. The van der Waals surface area contributed by atoms with Crippen molar-refractivity contribution in [3.63, 3.8) is 0 Å². The van der Waals surface area contributed by atoms with Crippen LogP contribution in [0.25, 0.3) is 0 Å². The summed E-state index contributed by atoms with van der Waals surface area (Å²) in [6.07, 6.45) is 0. The third kappa shape index (κ3) is 1.83. The number of rotatable bonds is 3. The van der Waals surface area contributed by atoms with Crippen LogP contribution in [0.1, 0.15) is 18.1 Å². The molecule has 0 aliphatic rings. The van der Waals surface area contributed by atoms with Crippen LogP contribution in [0.15, 0.2) is 24.3 Å². The van der Waals surface area contributed by atoms with Crippen molar-refractivity contribution in [2.75, 3.05) is 0 Å². The molecule has 0 unspecified atom stereocenters. The highest BCUT2D eigenvalue weighted by atomic mass is 16.4. The maximum atomic E-state index is 11.0. The second-order valence-electron chi connectivity index (χ2n) is 3.60. The fourth-order valence-corrected chi connectivity index (χ4v) is 1.29. The molecule has 0 fully saturated rings. The summed E-state index contributed by atoms with van der Waals surface area (Å²) in [5, 5.41) is 17.9. The molecule has 0 bridgehead atoms. The van der Waals surface area contributed by atoms with Crippen molar-refractivity contribution in [3.05, 3.63) is 35.4 Å². The topological polar surface area (TPSA) is 74.6 Å². The van der Waals surface area contributed by atoms with Gasteiger partial charge in [-0.2, -0.15) is 0 Å². The minimum atomic E-state index is -1.88. The number of hydrogen-bond donors (Lipinski definition) is 2. The summed E-state index contributed by atoms with van der Waals surface area (Å²) in [7, 11) is 0. The molecule has 0 aromatic heterocycles. The Balaban J connectivity index is 3.34. The molecule has 1 rings (SSSR count). The number of aryl methyl sites for hydroxylation is 1. The van der Waals surface area contributed by atoms with Crippen LogP contribution in [-0.4, -0.2) is 22.2 Å². The number of aliphatic carboxylic acids is 2. The van der Waals surface area contributed by atoms with Crippen molar-refractivity contribution < 1.29 is 19.8 Å². The average Bonchev–Trinajstić information content (AvgIpc) is 2.15. The first-order valence-electron chi connectivity index (χ1n) is 4.43. The first-order valence-corrected chi connectivity index (χ1v) is 4.43. The zero-order valence-corrected chi connectivity index (χ0v) is 8.52. The second kappa shape index (κ2) is 3.73. The molecule has 2 N–H and O–H groups in total. The van der Waals surface area contributed by atoms with Crippen LogP contribution in [0.4, 0.5) is 0 Å². The molecule has 0 heterocycles. The quantitative estimate of drug-likeness (QED) is 0.737. The van der Waals surface area contributed by atoms with Crippen molar-refractivity contribution in [1.82, 2.24) is 0 Å². The summed E-state index contributed by atoms with van der Waals surface area (Å²) in [5.74, 6) is -2.72. The Bertz CT molecular complexity index is 395. The zero-order chi connectivity index (χ0) is 11.6. The van der Waals surface area contributed by atoms with E-state index in [1.54, 1.807) is 25.1 Å². The summed E-state index contributed by atoms with van der Waals surface area (Å²) < 4.78 is 0. The molecule has 0 saturated heterocycles. The van der Waals surface area contributed by atoms with Gasteiger partial charge in [0.1, 0.15) is 0 Å². The summed E-state index contributed by atoms with van der Waals surface area (Å²) in [6, 6.07) is 6.51. The van der Waals surface area contributed by atoms with Gasteiger partial charge in [-0.3, -0.25) is 9.59 Å². The van der Waals surface area contributed by atoms with E-state index in [4.69, 9.17) is 10.2 Å². The summed E-state index contributed by atoms with van der Waals surface area (Å²) >= 11 is 0. The Morgan fingerprint density at radius 3 is 2.13 bits per heavy atom. The van der Waals surface area contributed by atoms with Gasteiger partial charge in [0.25, 0.3) is 0 Å². The maximum Gasteiger partial charge on any atom is 0.325 e. The number of carboxylic acids is 2. The predicted molar refractivity (Wildman–Crippen MR) is 53.8 cm³/mol. The molecule has 0 aliphatic carbocycles. The van der Waals surface area contributed by atoms with Crippen LogP contribution in [0.3, 0.4) is 0 Å². The molecular formula is C11H12O4. The summed E-state index contributed by atoms with van der Waals surface area (Å²) in [6.45, 7) is 2.97. The lowest BCUT2D eigenvalue weighted by Crippen LogP contribution is -2.40. The number of carbonyl (C=O) groups is 2. The number of hydrogen-bond acceptors (Lipinski definition) is 2. The fourth-order valence-electron chi connectivity index (χ4n) is 1.29. The lowest BCUT2D eigenvalue weighted by molar-refractivity contribution is -0.156. The van der Waals surface area contributed by atoms with Gasteiger partial charge in [-0.25, -0.2) is 0 Å². The number of carboxylic acid groups (broad SMARTS) is 2. The average molecular weight is 208 g/mol. The smallest absolute Gasteiger partial charge is 0.325 e. The first kappa shape index (κ1) is 11.2. The van der Waals surface area contributed by atoms with E-state index < -0.39 is 17.4 Å². The minimum absolute atomic E-state index is 0.280. The monoisotopic (exact) mass is 208 g/mol. The van der Waals surface area contributed by atoms with Crippen molar-refractivity contribution in [2.24, 2.45) is 0 Å². The molecule has 0 amide bonds. The van der Waals surface area contributed by atoms with Gasteiger partial charge in [0.15, 0.2) is 5.41 Å². The predicted octanol–water partition coefficient (Wildman–Crippen LogP) is 1.42. The minimum Gasteiger partial charge on any atom is -0.480 e. The van der Waals surface area contributed by atoms with Crippen molar-refractivity contribution in [3.8, 4) is 0 Å². The molecule has 0 radical (unpaired) electrons. The zero-order valence-electron chi connectivity index (χ0n) is 8.52. The highest BCUT2D eigenvalue weighted by Gasteiger charge is 2.43. The molecule has 0 saturated carbocycles. The van der Waals surface area contributed by atoms with Crippen LogP contribution in [0, 0.1) is 6.92 Å². The normalized spacial score (nSPS) is 11.1. The van der Waals surface area contributed by atoms with Crippen LogP contribution in [-0.2, 0) is 15.0 Å². The van der Waals surface area contributed by atoms with Gasteiger partial charge in [0.05, 0.1) is 0 Å². The van der Waals surface area contributed by atoms with Gasteiger partial charge in [-0.15, -0.1) is 0 Å². The summed E-state index contributed by atoms with van der Waals surface area (Å²) in [4.78, 5) is 22.0. The molecule has 4 nitrogen and oxygen atoms in total. The van der Waals surface area contributed by atoms with E-state index in [0.717, 1.165) is 5.56 Å². The third-order valence-electron chi connectivity index (χ3n) is 2.45. The van der Waals surface area contributed by atoms with Crippen LogP contribution in [0.2, 0.25) is 0 Å². The molecule has 0 atom stereocenters. The van der Waals surface area contributed by atoms with E-state index in [0.29, 0.717) is 0 Å². The standard InChI is InChI=1S/C11H12O4/c1-7-4-3-5-8(6-7)11(2,9(12)13)10(14)15/h3-6H,1-2H3,(H,12,13)(H,14,15). The van der Waals surface area contributed by atoms with E-state index in [2.05, 4.69) is 0 Å². The van der Waals surface area contributed by atoms with Crippen LogP contribution >= 0.6 is 0 Å². The molecule has 80 valence electrons.